The molecule has 3 aliphatic rings. The number of nitrogens with one attached hydrogen (secondary N) is 1. The van der Waals surface area contributed by atoms with Gasteiger partial charge in [-0.1, -0.05) is 31.4 Å². The Morgan fingerprint density at radius 3 is 2.76 bits per heavy atom. The second kappa shape index (κ2) is 9.90. The number of aromatic nitrogens is 2. The minimum absolute atomic E-state index is 0.0495. The van der Waals surface area contributed by atoms with Crippen LogP contribution in [0.5, 0.6) is 0 Å². The average Bonchev–Trinajstić information content (AvgIpc) is 3.45. The number of benzene rings is 1. The van der Waals surface area contributed by atoms with E-state index in [-0.39, 0.29) is 17.9 Å². The summed E-state index contributed by atoms with van der Waals surface area (Å²) in [5.74, 6) is 0.579. The van der Waals surface area contributed by atoms with Crippen LogP contribution in [0.15, 0.2) is 41.6 Å². The third-order valence-corrected chi connectivity index (χ3v) is 7.76. The molecular formula is C27H35FN4O2. The first-order valence-electron chi connectivity index (χ1n) is 12.7. The van der Waals surface area contributed by atoms with Gasteiger partial charge < -0.3 is 15.0 Å². The van der Waals surface area contributed by atoms with Gasteiger partial charge in [-0.3, -0.25) is 0 Å². The lowest BCUT2D eigenvalue weighted by molar-refractivity contribution is 0.0522. The molecule has 0 saturated carbocycles. The van der Waals surface area contributed by atoms with Gasteiger partial charge in [-0.15, -0.1) is 0 Å². The van der Waals surface area contributed by atoms with Crippen molar-refractivity contribution in [3.63, 3.8) is 0 Å². The van der Waals surface area contributed by atoms with E-state index in [9.17, 15) is 9.18 Å². The molecule has 6 nitrogen and oxygen atoms in total. The van der Waals surface area contributed by atoms with Gasteiger partial charge in [-0.05, 0) is 55.9 Å². The van der Waals surface area contributed by atoms with Crippen LogP contribution >= 0.6 is 0 Å². The van der Waals surface area contributed by atoms with E-state index in [4.69, 9.17) is 4.74 Å². The van der Waals surface area contributed by atoms with Crippen molar-refractivity contribution in [1.82, 2.24) is 20.0 Å². The van der Waals surface area contributed by atoms with Gasteiger partial charge in [-0.25, -0.2) is 13.9 Å². The van der Waals surface area contributed by atoms with Crippen LogP contribution in [0.4, 0.5) is 9.18 Å². The van der Waals surface area contributed by atoms with E-state index < -0.39 is 0 Å². The number of rotatable bonds is 6. The maximum absolute atomic E-state index is 13.4. The molecule has 7 heteroatoms. The molecule has 0 bridgehead atoms. The zero-order chi connectivity index (χ0) is 23.7. The lowest BCUT2D eigenvalue weighted by atomic mass is 9.78. The minimum atomic E-state index is -0.232. The quantitative estimate of drug-likeness (QED) is 0.611. The first kappa shape index (κ1) is 23.1. The molecule has 1 aromatic heterocycles. The molecular weight excluding hydrogens is 431 g/mol. The Morgan fingerprint density at radius 2 is 2.03 bits per heavy atom. The smallest absolute Gasteiger partial charge is 0.317 e. The fourth-order valence-corrected chi connectivity index (χ4v) is 6.10. The minimum Gasteiger partial charge on any atom is -0.378 e. The summed E-state index contributed by atoms with van der Waals surface area (Å²) in [6, 6.07) is 6.81. The highest BCUT2D eigenvalue weighted by Gasteiger charge is 2.37. The van der Waals surface area contributed by atoms with Crippen molar-refractivity contribution >= 4 is 6.03 Å². The van der Waals surface area contributed by atoms with E-state index in [0.29, 0.717) is 38.1 Å². The van der Waals surface area contributed by atoms with Crippen LogP contribution in [-0.2, 0) is 11.2 Å². The molecule has 2 aliphatic carbocycles. The molecule has 2 aromatic rings. The molecule has 1 aromatic carbocycles. The predicted octanol–water partition coefficient (Wildman–Crippen LogP) is 4.98. The summed E-state index contributed by atoms with van der Waals surface area (Å²) < 4.78 is 20.8. The first-order valence-corrected chi connectivity index (χ1v) is 12.7. The maximum Gasteiger partial charge on any atom is 0.317 e. The molecule has 34 heavy (non-hydrogen) atoms. The number of halogens is 1. The van der Waals surface area contributed by atoms with Gasteiger partial charge in [0.25, 0.3) is 0 Å². The van der Waals surface area contributed by atoms with Gasteiger partial charge in [0.15, 0.2) is 0 Å². The summed E-state index contributed by atoms with van der Waals surface area (Å²) in [5.41, 5.74) is 6.50. The first-order chi connectivity index (χ1) is 16.5. The van der Waals surface area contributed by atoms with Crippen molar-refractivity contribution in [2.24, 2.45) is 5.92 Å². The highest BCUT2D eigenvalue weighted by molar-refractivity contribution is 5.74. The Labute approximate surface area is 201 Å². The molecule has 3 atom stereocenters. The van der Waals surface area contributed by atoms with Gasteiger partial charge in [0.2, 0.25) is 0 Å². The maximum atomic E-state index is 13.4. The van der Waals surface area contributed by atoms with Gasteiger partial charge in [0.05, 0.1) is 30.8 Å². The fourth-order valence-electron chi connectivity index (χ4n) is 6.10. The number of hydrogen-bond acceptors (Lipinski definition) is 3. The summed E-state index contributed by atoms with van der Waals surface area (Å²) in [4.78, 5) is 14.7. The molecule has 0 spiro atoms. The summed E-state index contributed by atoms with van der Waals surface area (Å²) in [6.07, 6.45) is 8.20. The highest BCUT2D eigenvalue weighted by atomic mass is 19.1. The molecule has 1 aliphatic heterocycles. The molecule has 2 heterocycles. The van der Waals surface area contributed by atoms with Crippen molar-refractivity contribution < 1.29 is 13.9 Å². The van der Waals surface area contributed by atoms with Crippen LogP contribution in [0.3, 0.4) is 0 Å². The number of ether oxygens (including phenoxy) is 1. The number of carbonyl (C=O) groups is 1. The summed E-state index contributed by atoms with van der Waals surface area (Å²) in [7, 11) is 0. The monoisotopic (exact) mass is 466 g/mol. The summed E-state index contributed by atoms with van der Waals surface area (Å²) in [5, 5.41) is 8.01. The predicted molar refractivity (Wildman–Crippen MR) is 130 cm³/mol. The molecule has 1 N–H and O–H groups in total. The molecule has 1 saturated heterocycles. The molecule has 2 amide bonds. The normalized spacial score (nSPS) is 23.0. The van der Waals surface area contributed by atoms with Gasteiger partial charge >= 0.3 is 6.03 Å². The van der Waals surface area contributed by atoms with Gasteiger partial charge in [0.1, 0.15) is 5.82 Å². The fraction of sp³-hybridized carbons (Fsp3) is 0.556. The number of morpholine rings is 1. The molecule has 182 valence electrons. The highest BCUT2D eigenvalue weighted by Crippen LogP contribution is 2.48. The number of nitrogens with zero attached hydrogens (tertiary/aromatic N) is 3. The van der Waals surface area contributed by atoms with Crippen LogP contribution in [0, 0.1) is 11.7 Å². The third-order valence-electron chi connectivity index (χ3n) is 7.76. The van der Waals surface area contributed by atoms with E-state index in [1.54, 1.807) is 17.7 Å². The third kappa shape index (κ3) is 4.50. The second-order valence-corrected chi connectivity index (χ2v) is 9.90. The Morgan fingerprint density at radius 1 is 1.26 bits per heavy atom. The number of urea groups is 1. The molecule has 1 fully saturated rings. The second-order valence-electron chi connectivity index (χ2n) is 9.90. The lowest BCUT2D eigenvalue weighted by Gasteiger charge is -2.32. The zero-order valence-corrected chi connectivity index (χ0v) is 20.2. The van der Waals surface area contributed by atoms with Crippen molar-refractivity contribution in [2.75, 3.05) is 26.3 Å². The van der Waals surface area contributed by atoms with Crippen molar-refractivity contribution in [1.29, 1.82) is 0 Å². The van der Waals surface area contributed by atoms with Crippen LogP contribution in [-0.4, -0.2) is 53.1 Å². The van der Waals surface area contributed by atoms with E-state index in [0.717, 1.165) is 44.2 Å². The van der Waals surface area contributed by atoms with Crippen molar-refractivity contribution in [3.05, 3.63) is 58.7 Å². The van der Waals surface area contributed by atoms with E-state index in [1.165, 1.54) is 29.0 Å². The Kier molecular flexibility index (Phi) is 6.73. The van der Waals surface area contributed by atoms with E-state index in [2.05, 4.69) is 24.3 Å². The van der Waals surface area contributed by atoms with E-state index >= 15 is 0 Å². The zero-order valence-electron chi connectivity index (χ0n) is 20.2. The lowest BCUT2D eigenvalue weighted by Crippen LogP contribution is -2.49. The number of amides is 2. The van der Waals surface area contributed by atoms with Crippen LogP contribution in [0.1, 0.15) is 63.1 Å². The molecule has 5 rings (SSSR count). The topological polar surface area (TPSA) is 59.4 Å². The van der Waals surface area contributed by atoms with Crippen LogP contribution in [0.2, 0.25) is 0 Å². The average molecular weight is 467 g/mol. The van der Waals surface area contributed by atoms with Crippen molar-refractivity contribution in [2.45, 2.75) is 64.3 Å². The largest absolute Gasteiger partial charge is 0.378 e. The SMILES string of the molecule is CCCC(C[C@H]1CCC2=C1[C@@H](C)c1cnn(-c3ccc(F)cc3)c1C2)NC(=O)N1CCOCC1. The van der Waals surface area contributed by atoms with Gasteiger partial charge in [-0.2, -0.15) is 5.10 Å². The number of allylic oxidation sites excluding steroid dienone is 2. The summed E-state index contributed by atoms with van der Waals surface area (Å²) >= 11 is 0. The number of fused-ring (bicyclic) bond motifs is 1. The number of hydrogen-bond donors (Lipinski definition) is 1. The van der Waals surface area contributed by atoms with Crippen molar-refractivity contribution in [3.8, 4) is 5.69 Å². The Bertz CT molecular complexity index is 1060. The van der Waals surface area contributed by atoms with E-state index in [1.807, 2.05) is 15.8 Å². The molecule has 1 unspecified atom stereocenters. The van der Waals surface area contributed by atoms with Crippen LogP contribution in [0.25, 0.3) is 5.69 Å². The Hall–Kier alpha value is -2.67. The Balaban J connectivity index is 1.31. The molecule has 0 radical (unpaired) electrons. The van der Waals surface area contributed by atoms with Gasteiger partial charge in [0, 0.05) is 37.0 Å². The standard InChI is InChI=1S/C27H35FN4O2/c1-3-4-22(30-27(33)31-11-13-34-14-12-31)15-19-5-6-20-16-25-24(18(2)26(19)20)17-29-32(25)23-9-7-21(28)8-10-23/h7-10,17-19,22H,3-6,11-16H2,1-2H3,(H,30,33)/t18-,19+,22?/m0/s1. The van der Waals surface area contributed by atoms with Crippen LogP contribution < -0.4 is 5.32 Å². The summed E-state index contributed by atoms with van der Waals surface area (Å²) in [6.45, 7) is 7.06. The number of carbonyl (C=O) groups excluding carboxylic acids is 1.